The number of fused-ring (bicyclic) bond motifs is 1. The van der Waals surface area contributed by atoms with Gasteiger partial charge in [0, 0.05) is 5.56 Å². The summed E-state index contributed by atoms with van der Waals surface area (Å²) in [4.78, 5) is 33.7. The molecule has 0 saturated carbocycles. The Labute approximate surface area is 125 Å². The molecule has 21 heavy (non-hydrogen) atoms. The monoisotopic (exact) mass is 308 g/mol. The normalized spacial score (nSPS) is 18.2. The Balaban J connectivity index is 2.27. The molecule has 2 amide bonds. The smallest absolute Gasteiger partial charge is 0.255 e. The Morgan fingerprint density at radius 1 is 1.38 bits per heavy atom. The number of nitrogens with one attached hydrogen (secondary N) is 1. The van der Waals surface area contributed by atoms with E-state index in [9.17, 15) is 9.59 Å². The van der Waals surface area contributed by atoms with E-state index in [-0.39, 0.29) is 23.5 Å². The van der Waals surface area contributed by atoms with Crippen molar-refractivity contribution in [2.45, 2.75) is 26.3 Å². The third-order valence-electron chi connectivity index (χ3n) is 3.61. The molecule has 1 aliphatic rings. The number of aromatic nitrogens is 4. The maximum atomic E-state index is 12.1. The number of rotatable bonds is 1. The van der Waals surface area contributed by atoms with Crippen molar-refractivity contribution in [2.75, 3.05) is 11.4 Å². The summed E-state index contributed by atoms with van der Waals surface area (Å²) < 4.78 is 1.48. The lowest BCUT2D eigenvalue weighted by Crippen LogP contribution is -2.64. The van der Waals surface area contributed by atoms with E-state index in [4.69, 9.17) is 11.6 Å². The van der Waals surface area contributed by atoms with Crippen LogP contribution in [0.2, 0.25) is 5.15 Å². The van der Waals surface area contributed by atoms with Crippen LogP contribution in [0.25, 0.3) is 5.78 Å². The molecule has 1 saturated heterocycles. The maximum absolute atomic E-state index is 12.1. The molecule has 0 atom stereocenters. The number of carbonyl (C=O) groups excluding carboxylic acids is 2. The molecule has 1 N–H and O–H groups in total. The first-order chi connectivity index (χ1) is 9.82. The number of imide groups is 1. The van der Waals surface area contributed by atoms with E-state index in [2.05, 4.69) is 20.4 Å². The van der Waals surface area contributed by atoms with Gasteiger partial charge in [-0.1, -0.05) is 11.6 Å². The zero-order chi connectivity index (χ0) is 15.4. The zero-order valence-corrected chi connectivity index (χ0v) is 12.5. The second-order valence-electron chi connectivity index (χ2n) is 5.35. The summed E-state index contributed by atoms with van der Waals surface area (Å²) >= 11 is 6.13. The number of piperazine rings is 1. The first-order valence-corrected chi connectivity index (χ1v) is 6.68. The lowest BCUT2D eigenvalue weighted by Gasteiger charge is -2.42. The van der Waals surface area contributed by atoms with Crippen LogP contribution in [-0.2, 0) is 9.59 Å². The predicted molar refractivity (Wildman–Crippen MR) is 75.1 cm³/mol. The van der Waals surface area contributed by atoms with Gasteiger partial charge >= 0.3 is 0 Å². The Hall–Kier alpha value is -2.22. The predicted octanol–water partition coefficient (Wildman–Crippen LogP) is 0.328. The topological polar surface area (TPSA) is 92.5 Å². The molecule has 0 radical (unpaired) electrons. The van der Waals surface area contributed by atoms with Gasteiger partial charge in [-0.15, -0.1) is 0 Å². The molecule has 1 aliphatic heterocycles. The molecule has 2 aromatic heterocycles. The molecular formula is C12H13ClN6O2. The number of hydrogen-bond acceptors (Lipinski definition) is 6. The van der Waals surface area contributed by atoms with Gasteiger partial charge < -0.3 is 4.90 Å². The molecule has 110 valence electrons. The van der Waals surface area contributed by atoms with Crippen LogP contribution in [-0.4, -0.2) is 43.5 Å². The standard InChI is InChI=1S/C12H13ClN6O2/c1-6-8(13)17-11-14-5-15-19(11)9(6)18-4-7(20)16-10(21)12(18,2)3/h5H,4H2,1-3H3,(H,16,20,21). The van der Waals surface area contributed by atoms with E-state index in [0.717, 1.165) is 0 Å². The van der Waals surface area contributed by atoms with E-state index in [1.54, 1.807) is 25.7 Å². The lowest BCUT2D eigenvalue weighted by molar-refractivity contribution is -0.135. The van der Waals surface area contributed by atoms with Gasteiger partial charge in [0.2, 0.25) is 5.91 Å². The highest BCUT2D eigenvalue weighted by atomic mass is 35.5. The first kappa shape index (κ1) is 13.7. The molecule has 0 aliphatic carbocycles. The third kappa shape index (κ3) is 1.94. The summed E-state index contributed by atoms with van der Waals surface area (Å²) in [6, 6.07) is 0. The number of anilines is 1. The van der Waals surface area contributed by atoms with Crippen LogP contribution in [0.3, 0.4) is 0 Å². The number of carbonyl (C=O) groups is 2. The second-order valence-corrected chi connectivity index (χ2v) is 5.70. The van der Waals surface area contributed by atoms with Crippen molar-refractivity contribution in [3.63, 3.8) is 0 Å². The van der Waals surface area contributed by atoms with Crippen LogP contribution in [0.15, 0.2) is 6.33 Å². The van der Waals surface area contributed by atoms with Gasteiger partial charge in [0.1, 0.15) is 22.8 Å². The summed E-state index contributed by atoms with van der Waals surface area (Å²) in [6.07, 6.45) is 1.35. The van der Waals surface area contributed by atoms with E-state index >= 15 is 0 Å². The summed E-state index contributed by atoms with van der Waals surface area (Å²) in [5, 5.41) is 6.71. The second kappa shape index (κ2) is 4.39. The van der Waals surface area contributed by atoms with E-state index in [1.165, 1.54) is 10.8 Å². The van der Waals surface area contributed by atoms with Gasteiger partial charge in [-0.2, -0.15) is 19.6 Å². The molecule has 3 heterocycles. The summed E-state index contributed by atoms with van der Waals surface area (Å²) in [7, 11) is 0. The van der Waals surface area contributed by atoms with Crippen LogP contribution in [0.1, 0.15) is 19.4 Å². The molecule has 8 nitrogen and oxygen atoms in total. The highest BCUT2D eigenvalue weighted by Crippen LogP contribution is 2.31. The zero-order valence-electron chi connectivity index (χ0n) is 11.7. The average molecular weight is 309 g/mol. The molecule has 2 aromatic rings. The molecule has 0 aromatic carbocycles. The number of halogens is 1. The van der Waals surface area contributed by atoms with Crippen molar-refractivity contribution < 1.29 is 9.59 Å². The number of nitrogens with zero attached hydrogens (tertiary/aromatic N) is 5. The minimum absolute atomic E-state index is 0.0227. The molecule has 0 spiro atoms. The molecule has 0 bridgehead atoms. The largest absolute Gasteiger partial charge is 0.333 e. The minimum atomic E-state index is -0.928. The Kier molecular flexibility index (Phi) is 2.87. The number of amides is 2. The molecule has 9 heteroatoms. The fourth-order valence-corrected chi connectivity index (χ4v) is 2.48. The van der Waals surface area contributed by atoms with Crippen molar-refractivity contribution in [3.8, 4) is 0 Å². The molecular weight excluding hydrogens is 296 g/mol. The Morgan fingerprint density at radius 2 is 2.10 bits per heavy atom. The van der Waals surface area contributed by atoms with Crippen molar-refractivity contribution in [1.82, 2.24) is 24.9 Å². The van der Waals surface area contributed by atoms with Gasteiger partial charge in [-0.3, -0.25) is 14.9 Å². The van der Waals surface area contributed by atoms with Crippen molar-refractivity contribution >= 4 is 35.0 Å². The van der Waals surface area contributed by atoms with Crippen molar-refractivity contribution in [3.05, 3.63) is 17.0 Å². The van der Waals surface area contributed by atoms with Gasteiger partial charge in [-0.25, -0.2) is 0 Å². The Bertz CT molecular complexity index is 768. The fourth-order valence-electron chi connectivity index (χ4n) is 2.32. The third-order valence-corrected chi connectivity index (χ3v) is 3.98. The van der Waals surface area contributed by atoms with Gasteiger partial charge in [0.15, 0.2) is 0 Å². The molecule has 0 unspecified atom stereocenters. The average Bonchev–Trinajstić information content (AvgIpc) is 2.84. The van der Waals surface area contributed by atoms with Crippen LogP contribution in [0.4, 0.5) is 5.82 Å². The van der Waals surface area contributed by atoms with Crippen LogP contribution < -0.4 is 10.2 Å². The van der Waals surface area contributed by atoms with Gasteiger partial charge in [-0.05, 0) is 20.8 Å². The van der Waals surface area contributed by atoms with Crippen LogP contribution in [0, 0.1) is 6.92 Å². The van der Waals surface area contributed by atoms with Crippen LogP contribution in [0.5, 0.6) is 0 Å². The van der Waals surface area contributed by atoms with Crippen molar-refractivity contribution in [1.29, 1.82) is 0 Å². The maximum Gasteiger partial charge on any atom is 0.255 e. The van der Waals surface area contributed by atoms with E-state index in [0.29, 0.717) is 17.2 Å². The van der Waals surface area contributed by atoms with Crippen LogP contribution >= 0.6 is 11.6 Å². The van der Waals surface area contributed by atoms with Gasteiger partial charge in [0.25, 0.3) is 11.7 Å². The summed E-state index contributed by atoms with van der Waals surface area (Å²) in [5.74, 6) is 0.102. The van der Waals surface area contributed by atoms with Crippen molar-refractivity contribution in [2.24, 2.45) is 0 Å². The summed E-state index contributed by atoms with van der Waals surface area (Å²) in [6.45, 7) is 5.24. The lowest BCUT2D eigenvalue weighted by atomic mass is 9.98. The summed E-state index contributed by atoms with van der Waals surface area (Å²) in [5.41, 5.74) is -0.298. The quantitative estimate of drug-likeness (QED) is 0.603. The van der Waals surface area contributed by atoms with Gasteiger partial charge in [0.05, 0.1) is 6.54 Å². The SMILES string of the molecule is Cc1c(Cl)nc2ncnn2c1N1CC(=O)NC(=O)C1(C)C. The minimum Gasteiger partial charge on any atom is -0.333 e. The van der Waals surface area contributed by atoms with E-state index in [1.807, 2.05) is 0 Å². The highest BCUT2D eigenvalue weighted by Gasteiger charge is 2.43. The fraction of sp³-hybridized carbons (Fsp3) is 0.417. The first-order valence-electron chi connectivity index (χ1n) is 6.30. The number of hydrogen-bond donors (Lipinski definition) is 1. The Morgan fingerprint density at radius 3 is 2.81 bits per heavy atom. The van der Waals surface area contributed by atoms with E-state index < -0.39 is 5.54 Å². The molecule has 1 fully saturated rings. The highest BCUT2D eigenvalue weighted by molar-refractivity contribution is 6.30. The molecule has 3 rings (SSSR count).